The molecule has 0 nitrogen and oxygen atoms in total. The first kappa shape index (κ1) is 11.2. The predicted octanol–water partition coefficient (Wildman–Crippen LogP) is 4.63. The van der Waals surface area contributed by atoms with Crippen LogP contribution in [0.4, 0.5) is 0 Å². The van der Waals surface area contributed by atoms with Crippen LogP contribution in [0.2, 0.25) is 0 Å². The van der Waals surface area contributed by atoms with E-state index in [0.29, 0.717) is 0 Å². The van der Waals surface area contributed by atoms with Crippen molar-refractivity contribution in [2.75, 3.05) is 0 Å². The average Bonchev–Trinajstić information content (AvgIpc) is 2.53. The predicted molar refractivity (Wildman–Crippen MR) is 77.4 cm³/mol. The molecule has 2 rings (SSSR count). The molecule has 0 heterocycles. The van der Waals surface area contributed by atoms with Gasteiger partial charge in [-0.15, -0.1) is 17.9 Å². The summed E-state index contributed by atoms with van der Waals surface area (Å²) in [5.74, 6) is 0. The number of allylic oxidation sites excluding steroid dienone is 1. The Hall–Kier alpha value is 0.680. The molecule has 0 fully saturated rings. The fourth-order valence-electron chi connectivity index (χ4n) is 1.90. The highest BCUT2D eigenvalue weighted by Crippen LogP contribution is 2.75. The lowest BCUT2D eigenvalue weighted by molar-refractivity contribution is 1.19. The third-order valence-electron chi connectivity index (χ3n) is 2.51. The van der Waals surface area contributed by atoms with E-state index in [1.165, 1.54) is 11.1 Å². The molecular formula is C10H14P4. The Morgan fingerprint density at radius 2 is 2.07 bits per heavy atom. The Balaban J connectivity index is 2.46. The molecule has 4 heteroatoms. The largest absolute Gasteiger partial charge is 0.109 e. The monoisotopic (exact) mass is 258 g/mol. The minimum Gasteiger partial charge on any atom is -0.109 e. The zero-order valence-electron chi connectivity index (χ0n) is 8.12. The number of rotatable bonds is 2. The lowest BCUT2D eigenvalue weighted by atomic mass is 10.1. The minimum atomic E-state index is -0.0184. The molecule has 4 atom stereocenters. The summed E-state index contributed by atoms with van der Waals surface area (Å²) in [5, 5.41) is 1.62. The molecule has 1 aromatic carbocycles. The zero-order chi connectivity index (χ0) is 10.1. The third kappa shape index (κ3) is 1.96. The molecule has 0 aliphatic heterocycles. The Morgan fingerprint density at radius 3 is 2.79 bits per heavy atom. The average molecular weight is 258 g/mol. The summed E-state index contributed by atoms with van der Waals surface area (Å²) in [7, 11) is 6.84. The quantitative estimate of drug-likeness (QED) is 0.678. The van der Waals surface area contributed by atoms with Gasteiger partial charge in [-0.3, -0.25) is 0 Å². The van der Waals surface area contributed by atoms with Gasteiger partial charge in [0.2, 0.25) is 0 Å². The SMILES string of the molecule is CC1=C(P(P)PP)c2ccccc2C1. The van der Waals surface area contributed by atoms with Gasteiger partial charge in [-0.25, -0.2) is 0 Å². The molecular weight excluding hydrogens is 244 g/mol. The van der Waals surface area contributed by atoms with Crippen molar-refractivity contribution in [1.82, 2.24) is 0 Å². The molecule has 0 bridgehead atoms. The summed E-state index contributed by atoms with van der Waals surface area (Å²) < 4.78 is 0. The molecule has 0 saturated carbocycles. The summed E-state index contributed by atoms with van der Waals surface area (Å²) in [6.45, 7) is 2.28. The van der Waals surface area contributed by atoms with Crippen LogP contribution in [-0.2, 0) is 6.42 Å². The van der Waals surface area contributed by atoms with Crippen LogP contribution in [0, 0.1) is 0 Å². The van der Waals surface area contributed by atoms with Crippen LogP contribution >= 0.6 is 33.1 Å². The van der Waals surface area contributed by atoms with Crippen LogP contribution in [-0.4, -0.2) is 0 Å². The van der Waals surface area contributed by atoms with E-state index in [2.05, 4.69) is 49.0 Å². The maximum atomic E-state index is 3.02. The van der Waals surface area contributed by atoms with Crippen LogP contribution < -0.4 is 0 Å². The van der Waals surface area contributed by atoms with Gasteiger partial charge < -0.3 is 0 Å². The van der Waals surface area contributed by atoms with Crippen LogP contribution in [0.5, 0.6) is 0 Å². The molecule has 74 valence electrons. The van der Waals surface area contributed by atoms with Crippen molar-refractivity contribution in [3.05, 3.63) is 41.0 Å². The molecule has 14 heavy (non-hydrogen) atoms. The van der Waals surface area contributed by atoms with Gasteiger partial charge in [-0.05, 0) is 37.1 Å². The van der Waals surface area contributed by atoms with Crippen molar-refractivity contribution in [2.45, 2.75) is 13.3 Å². The lowest BCUT2D eigenvalue weighted by Crippen LogP contribution is -1.80. The van der Waals surface area contributed by atoms with Crippen LogP contribution in [0.25, 0.3) is 5.31 Å². The van der Waals surface area contributed by atoms with Crippen molar-refractivity contribution in [3.8, 4) is 0 Å². The van der Waals surface area contributed by atoms with Gasteiger partial charge >= 0.3 is 0 Å². The third-order valence-corrected chi connectivity index (χ3v) is 12.7. The summed E-state index contributed by atoms with van der Waals surface area (Å²) in [5.41, 5.74) is 4.58. The molecule has 1 aromatic rings. The second-order valence-electron chi connectivity index (χ2n) is 3.46. The van der Waals surface area contributed by atoms with E-state index in [4.69, 9.17) is 0 Å². The van der Waals surface area contributed by atoms with Crippen molar-refractivity contribution in [1.29, 1.82) is 0 Å². The maximum Gasteiger partial charge on any atom is -0.00538 e. The van der Waals surface area contributed by atoms with Crippen molar-refractivity contribution >= 4 is 38.4 Å². The van der Waals surface area contributed by atoms with Crippen molar-refractivity contribution in [3.63, 3.8) is 0 Å². The first-order valence-electron chi connectivity index (χ1n) is 4.53. The molecule has 0 amide bonds. The van der Waals surface area contributed by atoms with Crippen LogP contribution in [0.3, 0.4) is 0 Å². The smallest absolute Gasteiger partial charge is 0.00538 e. The highest BCUT2D eigenvalue weighted by Gasteiger charge is 2.21. The normalized spacial score (nSPS) is 17.9. The fourth-order valence-corrected chi connectivity index (χ4v) is 6.56. The first-order valence-corrected chi connectivity index (χ1v) is 11.1. The first-order chi connectivity index (χ1) is 6.74. The Labute approximate surface area is 93.0 Å². The van der Waals surface area contributed by atoms with E-state index in [1.807, 2.05) is 0 Å². The standard InChI is InChI=1S/C10H14P4/c1-7-6-8-4-2-3-5-9(8)10(7)14(12)13-11/h2-5,13H,6,11-12H2,1H3. The molecule has 0 saturated heterocycles. The van der Waals surface area contributed by atoms with Gasteiger partial charge in [0, 0.05) is 0 Å². The number of benzene rings is 1. The lowest BCUT2D eigenvalue weighted by Gasteiger charge is -2.13. The molecule has 0 spiro atoms. The second kappa shape index (κ2) is 4.68. The minimum absolute atomic E-state index is 0.0184. The zero-order valence-corrected chi connectivity index (χ0v) is 12.3. The number of hydrogen-bond donors (Lipinski definition) is 0. The molecule has 1 aliphatic carbocycles. The summed E-state index contributed by atoms with van der Waals surface area (Å²) >= 11 is 0. The van der Waals surface area contributed by atoms with Gasteiger partial charge in [0.1, 0.15) is 0 Å². The number of fused-ring (bicyclic) bond motifs is 1. The Kier molecular flexibility index (Phi) is 3.73. The van der Waals surface area contributed by atoms with Gasteiger partial charge in [-0.1, -0.05) is 37.8 Å². The fraction of sp³-hybridized carbons (Fsp3) is 0.200. The van der Waals surface area contributed by atoms with E-state index in [1.54, 1.807) is 10.9 Å². The van der Waals surface area contributed by atoms with Crippen molar-refractivity contribution in [2.24, 2.45) is 0 Å². The maximum absolute atomic E-state index is 3.02. The van der Waals surface area contributed by atoms with Gasteiger partial charge in [0.15, 0.2) is 0 Å². The van der Waals surface area contributed by atoms with Crippen LogP contribution in [0.1, 0.15) is 18.1 Å². The van der Waals surface area contributed by atoms with E-state index in [-0.39, 0.29) is 7.30 Å². The molecule has 0 radical (unpaired) electrons. The highest BCUT2D eigenvalue weighted by atomic mass is 32.6. The summed E-state index contributed by atoms with van der Waals surface area (Å²) in [6, 6.07) is 8.82. The van der Waals surface area contributed by atoms with Crippen molar-refractivity contribution < 1.29 is 0 Å². The van der Waals surface area contributed by atoms with E-state index < -0.39 is 0 Å². The molecule has 1 aliphatic rings. The van der Waals surface area contributed by atoms with E-state index >= 15 is 0 Å². The molecule has 4 unspecified atom stereocenters. The topological polar surface area (TPSA) is 0 Å². The van der Waals surface area contributed by atoms with Gasteiger partial charge in [0.25, 0.3) is 0 Å². The highest BCUT2D eigenvalue weighted by molar-refractivity contribution is 8.64. The second-order valence-corrected chi connectivity index (χ2v) is 12.5. The van der Waals surface area contributed by atoms with Gasteiger partial charge in [0.05, 0.1) is 0 Å². The summed E-state index contributed by atoms with van der Waals surface area (Å²) in [6.07, 6.45) is 1.16. The molecule has 0 aromatic heterocycles. The summed E-state index contributed by atoms with van der Waals surface area (Å²) in [4.78, 5) is 0. The Morgan fingerprint density at radius 1 is 1.36 bits per heavy atom. The Bertz CT molecular complexity index is 383. The van der Waals surface area contributed by atoms with E-state index in [0.717, 1.165) is 14.4 Å². The van der Waals surface area contributed by atoms with Gasteiger partial charge in [-0.2, -0.15) is 0 Å². The van der Waals surface area contributed by atoms with Crippen LogP contribution in [0.15, 0.2) is 29.8 Å². The number of hydrogen-bond acceptors (Lipinski definition) is 0. The van der Waals surface area contributed by atoms with E-state index in [9.17, 15) is 0 Å². The molecule has 0 N–H and O–H groups in total.